The van der Waals surface area contributed by atoms with Gasteiger partial charge in [-0.25, -0.2) is 13.2 Å². The Kier molecular flexibility index (Phi) is 4.94. The topological polar surface area (TPSA) is 23.5 Å². The smallest absolute Gasteiger partial charge is 0.194 e. The van der Waals surface area contributed by atoms with E-state index in [1.807, 2.05) is 13.8 Å². The molecule has 1 heterocycles. The van der Waals surface area contributed by atoms with Crippen LogP contribution in [0.2, 0.25) is 0 Å². The van der Waals surface area contributed by atoms with E-state index in [2.05, 4.69) is 4.90 Å². The van der Waals surface area contributed by atoms with Crippen molar-refractivity contribution in [1.29, 1.82) is 0 Å². The maximum absolute atomic E-state index is 13.9. The Morgan fingerprint density at radius 1 is 1.00 bits per heavy atom. The molecule has 1 aromatic carbocycles. The van der Waals surface area contributed by atoms with Gasteiger partial charge in [0.05, 0.1) is 6.10 Å². The van der Waals surface area contributed by atoms with Crippen LogP contribution in [0.4, 0.5) is 13.2 Å². The zero-order valence-electron chi connectivity index (χ0n) is 12.5. The summed E-state index contributed by atoms with van der Waals surface area (Å²) in [6.07, 6.45) is 3.11. The number of hydrogen-bond acceptors (Lipinski definition) is 2. The van der Waals surface area contributed by atoms with Crippen LogP contribution in [0.3, 0.4) is 0 Å². The van der Waals surface area contributed by atoms with Gasteiger partial charge in [-0.2, -0.15) is 0 Å². The van der Waals surface area contributed by atoms with Crippen LogP contribution in [0.5, 0.6) is 0 Å². The number of hydrogen-bond donors (Lipinski definition) is 1. The van der Waals surface area contributed by atoms with Gasteiger partial charge in [-0.1, -0.05) is 18.9 Å². The molecule has 118 valence electrons. The van der Waals surface area contributed by atoms with E-state index in [1.54, 1.807) is 0 Å². The number of halogens is 3. The minimum atomic E-state index is -1.53. The molecule has 1 aromatic rings. The highest BCUT2D eigenvalue weighted by Crippen LogP contribution is 2.34. The second kappa shape index (κ2) is 6.36. The summed E-state index contributed by atoms with van der Waals surface area (Å²) in [5.74, 6) is -4.07. The third-order valence-electron chi connectivity index (χ3n) is 4.45. The molecule has 2 rings (SSSR count). The molecule has 1 aliphatic heterocycles. The van der Waals surface area contributed by atoms with E-state index in [1.165, 1.54) is 0 Å². The number of aliphatic hydroxyl groups excluding tert-OH is 1. The van der Waals surface area contributed by atoms with Crippen molar-refractivity contribution in [2.24, 2.45) is 0 Å². The quantitative estimate of drug-likeness (QED) is 0.859. The fourth-order valence-electron chi connectivity index (χ4n) is 2.95. The van der Waals surface area contributed by atoms with Gasteiger partial charge in [0, 0.05) is 11.1 Å². The van der Waals surface area contributed by atoms with Gasteiger partial charge >= 0.3 is 0 Å². The first-order valence-corrected chi connectivity index (χ1v) is 7.42. The van der Waals surface area contributed by atoms with Crippen molar-refractivity contribution in [2.45, 2.75) is 51.2 Å². The van der Waals surface area contributed by atoms with E-state index in [0.29, 0.717) is 0 Å². The highest BCUT2D eigenvalue weighted by molar-refractivity contribution is 5.25. The van der Waals surface area contributed by atoms with Crippen molar-refractivity contribution >= 4 is 0 Å². The van der Waals surface area contributed by atoms with Crippen LogP contribution >= 0.6 is 0 Å². The minimum absolute atomic E-state index is 0.192. The molecule has 1 unspecified atom stereocenters. The summed E-state index contributed by atoms with van der Waals surface area (Å²) in [6, 6.07) is 1.98. The zero-order valence-corrected chi connectivity index (χ0v) is 12.5. The van der Waals surface area contributed by atoms with Crippen LogP contribution in [0.1, 0.15) is 51.2 Å². The van der Waals surface area contributed by atoms with Crippen molar-refractivity contribution in [2.75, 3.05) is 13.1 Å². The van der Waals surface area contributed by atoms with Gasteiger partial charge in [0.15, 0.2) is 17.5 Å². The lowest BCUT2D eigenvalue weighted by molar-refractivity contribution is -0.0122. The Morgan fingerprint density at radius 2 is 1.57 bits per heavy atom. The molecule has 0 spiro atoms. The Morgan fingerprint density at radius 3 is 2.14 bits per heavy atom. The summed E-state index contributed by atoms with van der Waals surface area (Å²) < 4.78 is 40.3. The standard InChI is InChI=1S/C16H22F3NO/c1-16(2,20-9-5-3-4-6-10-20)15(21)11-7-8-12(17)14(19)13(11)18/h7-8,15,21H,3-6,9-10H2,1-2H3. The van der Waals surface area contributed by atoms with Crippen LogP contribution in [0.15, 0.2) is 12.1 Å². The molecule has 0 radical (unpaired) electrons. The van der Waals surface area contributed by atoms with Crippen molar-refractivity contribution in [1.82, 2.24) is 4.90 Å². The number of benzene rings is 1. The number of aliphatic hydroxyl groups is 1. The Balaban J connectivity index is 2.28. The summed E-state index contributed by atoms with van der Waals surface area (Å²) in [5, 5.41) is 10.5. The lowest BCUT2D eigenvalue weighted by Crippen LogP contribution is -2.49. The first kappa shape index (κ1) is 16.3. The maximum Gasteiger partial charge on any atom is 0.194 e. The van der Waals surface area contributed by atoms with E-state index < -0.39 is 29.1 Å². The third kappa shape index (κ3) is 3.24. The van der Waals surface area contributed by atoms with Crippen molar-refractivity contribution in [3.63, 3.8) is 0 Å². The van der Waals surface area contributed by atoms with Gasteiger partial charge < -0.3 is 5.11 Å². The number of nitrogens with zero attached hydrogens (tertiary/aromatic N) is 1. The minimum Gasteiger partial charge on any atom is -0.386 e. The largest absolute Gasteiger partial charge is 0.386 e. The van der Waals surface area contributed by atoms with E-state index >= 15 is 0 Å². The zero-order chi connectivity index (χ0) is 15.6. The van der Waals surface area contributed by atoms with E-state index in [0.717, 1.165) is 50.9 Å². The molecule has 0 aliphatic carbocycles. The molecular formula is C16H22F3NO. The van der Waals surface area contributed by atoms with Crippen LogP contribution in [0.25, 0.3) is 0 Å². The molecule has 0 amide bonds. The van der Waals surface area contributed by atoms with Crippen LogP contribution in [-0.4, -0.2) is 28.6 Å². The Hall–Kier alpha value is -1.07. The van der Waals surface area contributed by atoms with Gasteiger partial charge in [0.25, 0.3) is 0 Å². The second-order valence-corrected chi connectivity index (χ2v) is 6.22. The molecule has 1 N–H and O–H groups in total. The van der Waals surface area contributed by atoms with Crippen molar-refractivity contribution < 1.29 is 18.3 Å². The second-order valence-electron chi connectivity index (χ2n) is 6.22. The average molecular weight is 301 g/mol. The van der Waals surface area contributed by atoms with Crippen LogP contribution in [0, 0.1) is 17.5 Å². The molecule has 0 saturated carbocycles. The van der Waals surface area contributed by atoms with E-state index in [-0.39, 0.29) is 5.56 Å². The summed E-state index contributed by atoms with van der Waals surface area (Å²) in [6.45, 7) is 5.25. The van der Waals surface area contributed by atoms with Crippen LogP contribution in [-0.2, 0) is 0 Å². The van der Waals surface area contributed by atoms with Gasteiger partial charge in [-0.05, 0) is 45.8 Å². The molecule has 0 bridgehead atoms. The first-order chi connectivity index (χ1) is 9.85. The Bertz CT molecular complexity index is 497. The van der Waals surface area contributed by atoms with Gasteiger partial charge in [-0.15, -0.1) is 0 Å². The summed E-state index contributed by atoms with van der Waals surface area (Å²) in [4.78, 5) is 2.10. The molecule has 21 heavy (non-hydrogen) atoms. The first-order valence-electron chi connectivity index (χ1n) is 7.42. The molecule has 1 atom stereocenters. The van der Waals surface area contributed by atoms with E-state index in [4.69, 9.17) is 0 Å². The number of rotatable bonds is 3. The van der Waals surface area contributed by atoms with Gasteiger partial charge in [0.1, 0.15) is 0 Å². The van der Waals surface area contributed by atoms with Crippen LogP contribution < -0.4 is 0 Å². The predicted molar refractivity (Wildman–Crippen MR) is 75.4 cm³/mol. The monoisotopic (exact) mass is 301 g/mol. The lowest BCUT2D eigenvalue weighted by atomic mass is 9.88. The average Bonchev–Trinajstić information content (AvgIpc) is 2.74. The van der Waals surface area contributed by atoms with Gasteiger partial charge in [0.2, 0.25) is 0 Å². The van der Waals surface area contributed by atoms with Gasteiger partial charge in [-0.3, -0.25) is 4.90 Å². The van der Waals surface area contributed by atoms with Crippen molar-refractivity contribution in [3.05, 3.63) is 35.1 Å². The Labute approximate surface area is 123 Å². The molecule has 1 aliphatic rings. The third-order valence-corrected chi connectivity index (χ3v) is 4.45. The molecule has 5 heteroatoms. The molecule has 2 nitrogen and oxygen atoms in total. The summed E-state index contributed by atoms with van der Waals surface area (Å²) in [7, 11) is 0. The fraction of sp³-hybridized carbons (Fsp3) is 0.625. The molecular weight excluding hydrogens is 279 g/mol. The molecule has 0 aromatic heterocycles. The predicted octanol–water partition coefficient (Wildman–Crippen LogP) is 3.79. The number of likely N-dealkylation sites (tertiary alicyclic amines) is 1. The summed E-state index contributed by atoms with van der Waals surface area (Å²) >= 11 is 0. The lowest BCUT2D eigenvalue weighted by Gasteiger charge is -2.41. The highest BCUT2D eigenvalue weighted by Gasteiger charge is 2.37. The van der Waals surface area contributed by atoms with E-state index in [9.17, 15) is 18.3 Å². The fourth-order valence-corrected chi connectivity index (χ4v) is 2.95. The maximum atomic E-state index is 13.9. The summed E-state index contributed by atoms with van der Waals surface area (Å²) in [5.41, 5.74) is -0.932. The molecule has 1 fully saturated rings. The molecule has 1 saturated heterocycles. The SMILES string of the molecule is CC(C)(C(O)c1ccc(F)c(F)c1F)N1CCCCCC1. The normalized spacial score (nSPS) is 19.3. The highest BCUT2D eigenvalue weighted by atomic mass is 19.2. The van der Waals surface area contributed by atoms with Crippen molar-refractivity contribution in [3.8, 4) is 0 Å².